The van der Waals surface area contributed by atoms with Crippen LogP contribution in [0, 0.1) is 0 Å². The van der Waals surface area contributed by atoms with E-state index < -0.39 is 0 Å². The Labute approximate surface area is 67.4 Å². The van der Waals surface area contributed by atoms with Gasteiger partial charge in [-0.3, -0.25) is 0 Å². The van der Waals surface area contributed by atoms with Gasteiger partial charge in [0.25, 0.3) is 0 Å². The van der Waals surface area contributed by atoms with Crippen LogP contribution in [-0.2, 0) is 9.53 Å². The van der Waals surface area contributed by atoms with E-state index in [1.165, 1.54) is 6.08 Å². The molecular formula is C8H15NO2. The number of carbonyl (C=O) groups is 1. The Kier molecular flexibility index (Phi) is 5.47. The van der Waals surface area contributed by atoms with Crippen LogP contribution in [0.4, 0.5) is 0 Å². The van der Waals surface area contributed by atoms with Gasteiger partial charge in [-0.2, -0.15) is 0 Å². The lowest BCUT2D eigenvalue weighted by molar-refractivity contribution is -0.138. The first-order chi connectivity index (χ1) is 5.20. The minimum Gasteiger partial charge on any atom is -0.461 e. The molecule has 0 aliphatic heterocycles. The smallest absolute Gasteiger partial charge is 0.330 e. The third-order valence-corrected chi connectivity index (χ3v) is 1.27. The Morgan fingerprint density at radius 1 is 1.73 bits per heavy atom. The largest absolute Gasteiger partial charge is 0.461 e. The molecule has 0 spiro atoms. The predicted molar refractivity (Wildman–Crippen MR) is 44.3 cm³/mol. The molecule has 0 aliphatic rings. The van der Waals surface area contributed by atoms with Gasteiger partial charge in [0.1, 0.15) is 6.61 Å². The molecule has 0 bridgehead atoms. The third kappa shape index (κ3) is 5.61. The minimum atomic E-state index is -0.283. The fourth-order valence-corrected chi connectivity index (χ4v) is 0.475. The van der Waals surface area contributed by atoms with Gasteiger partial charge in [-0.1, -0.05) is 6.08 Å². The Morgan fingerprint density at radius 3 is 2.82 bits per heavy atom. The van der Waals surface area contributed by atoms with E-state index in [0.29, 0.717) is 6.61 Å². The van der Waals surface area contributed by atoms with Gasteiger partial charge in [-0.05, 0) is 20.9 Å². The van der Waals surface area contributed by atoms with Gasteiger partial charge >= 0.3 is 5.97 Å². The van der Waals surface area contributed by atoms with E-state index >= 15 is 0 Å². The molecule has 64 valence electrons. The number of likely N-dealkylation sites (N-methyl/N-ethyl adjacent to an activating group) is 1. The second kappa shape index (κ2) is 5.92. The molecule has 0 heterocycles. The summed E-state index contributed by atoms with van der Waals surface area (Å²) in [7, 11) is 1.83. The van der Waals surface area contributed by atoms with Crippen LogP contribution in [0.1, 0.15) is 13.8 Å². The lowest BCUT2D eigenvalue weighted by Gasteiger charge is -2.08. The van der Waals surface area contributed by atoms with Crippen molar-refractivity contribution in [2.45, 2.75) is 19.9 Å². The van der Waals surface area contributed by atoms with Crippen molar-refractivity contribution in [3.8, 4) is 0 Å². The van der Waals surface area contributed by atoms with Crippen LogP contribution in [0.2, 0.25) is 0 Å². The van der Waals surface area contributed by atoms with E-state index in [2.05, 4.69) is 5.32 Å². The highest BCUT2D eigenvalue weighted by atomic mass is 16.5. The molecule has 0 rings (SSSR count). The molecule has 0 aromatic rings. The van der Waals surface area contributed by atoms with E-state index in [0.717, 1.165) is 0 Å². The zero-order valence-electron chi connectivity index (χ0n) is 7.26. The maximum absolute atomic E-state index is 10.7. The number of hydrogen-bond acceptors (Lipinski definition) is 3. The summed E-state index contributed by atoms with van der Waals surface area (Å²) in [6.07, 6.45) is 3.06. The lowest BCUT2D eigenvalue weighted by atomic mass is 10.4. The van der Waals surface area contributed by atoms with Crippen molar-refractivity contribution >= 4 is 5.97 Å². The monoisotopic (exact) mass is 157 g/mol. The topological polar surface area (TPSA) is 38.3 Å². The standard InChI is InChI=1S/C8H15NO2/c1-4-5-8(10)11-6-7(2)9-3/h4-5,7,9H,6H2,1-3H3/b5-4+/t7-/m0/s1. The zero-order chi connectivity index (χ0) is 8.69. The van der Waals surface area contributed by atoms with Crippen molar-refractivity contribution in [1.29, 1.82) is 0 Å². The molecule has 0 saturated heterocycles. The van der Waals surface area contributed by atoms with Crippen molar-refractivity contribution < 1.29 is 9.53 Å². The number of carbonyl (C=O) groups excluding carboxylic acids is 1. The first-order valence-electron chi connectivity index (χ1n) is 3.67. The molecule has 0 aromatic carbocycles. The first kappa shape index (κ1) is 10.2. The highest BCUT2D eigenvalue weighted by molar-refractivity contribution is 5.81. The van der Waals surface area contributed by atoms with E-state index in [1.54, 1.807) is 13.0 Å². The zero-order valence-corrected chi connectivity index (χ0v) is 7.26. The highest BCUT2D eigenvalue weighted by Crippen LogP contribution is 1.85. The highest BCUT2D eigenvalue weighted by Gasteiger charge is 2.00. The average molecular weight is 157 g/mol. The predicted octanol–water partition coefficient (Wildman–Crippen LogP) is 0.714. The number of ether oxygens (including phenoxy) is 1. The molecule has 3 heteroatoms. The van der Waals surface area contributed by atoms with E-state index in [4.69, 9.17) is 4.74 Å². The Balaban J connectivity index is 3.45. The van der Waals surface area contributed by atoms with Crippen molar-refractivity contribution in [2.75, 3.05) is 13.7 Å². The van der Waals surface area contributed by atoms with Gasteiger partial charge in [0.2, 0.25) is 0 Å². The molecule has 3 nitrogen and oxygen atoms in total. The summed E-state index contributed by atoms with van der Waals surface area (Å²) >= 11 is 0. The molecule has 0 radical (unpaired) electrons. The van der Waals surface area contributed by atoms with Crippen LogP contribution in [0.3, 0.4) is 0 Å². The van der Waals surface area contributed by atoms with Gasteiger partial charge in [-0.15, -0.1) is 0 Å². The molecule has 0 fully saturated rings. The Bertz CT molecular complexity index is 143. The number of hydrogen-bond donors (Lipinski definition) is 1. The molecule has 0 aromatic heterocycles. The second-order valence-corrected chi connectivity index (χ2v) is 2.32. The Hall–Kier alpha value is -0.830. The van der Waals surface area contributed by atoms with E-state index in [1.807, 2.05) is 14.0 Å². The maximum Gasteiger partial charge on any atom is 0.330 e. The molecule has 0 aliphatic carbocycles. The summed E-state index contributed by atoms with van der Waals surface area (Å²) in [5.41, 5.74) is 0. The molecule has 0 unspecified atom stereocenters. The molecule has 1 atom stereocenters. The summed E-state index contributed by atoms with van der Waals surface area (Å²) in [6, 6.07) is 0.212. The number of allylic oxidation sites excluding steroid dienone is 1. The SMILES string of the molecule is C/C=C/C(=O)OC[C@H](C)NC. The van der Waals surface area contributed by atoms with Gasteiger partial charge in [-0.25, -0.2) is 4.79 Å². The minimum absolute atomic E-state index is 0.212. The molecule has 1 N–H and O–H groups in total. The fourth-order valence-electron chi connectivity index (χ4n) is 0.475. The van der Waals surface area contributed by atoms with E-state index in [9.17, 15) is 4.79 Å². The molecule has 0 amide bonds. The summed E-state index contributed by atoms with van der Waals surface area (Å²) < 4.78 is 4.85. The molecule has 11 heavy (non-hydrogen) atoms. The van der Waals surface area contributed by atoms with Crippen LogP contribution in [0.25, 0.3) is 0 Å². The third-order valence-electron chi connectivity index (χ3n) is 1.27. The van der Waals surface area contributed by atoms with Crippen LogP contribution >= 0.6 is 0 Å². The van der Waals surface area contributed by atoms with Gasteiger partial charge in [0.15, 0.2) is 0 Å². The number of nitrogens with one attached hydrogen (secondary N) is 1. The van der Waals surface area contributed by atoms with Crippen molar-refractivity contribution in [3.63, 3.8) is 0 Å². The quantitative estimate of drug-likeness (QED) is 0.482. The summed E-state index contributed by atoms with van der Waals surface area (Å²) in [5.74, 6) is -0.283. The number of esters is 1. The first-order valence-corrected chi connectivity index (χ1v) is 3.67. The average Bonchev–Trinajstić information content (AvgIpc) is 2.01. The van der Waals surface area contributed by atoms with E-state index in [-0.39, 0.29) is 12.0 Å². The van der Waals surface area contributed by atoms with Crippen molar-refractivity contribution in [2.24, 2.45) is 0 Å². The van der Waals surface area contributed by atoms with Gasteiger partial charge in [0, 0.05) is 12.1 Å². The summed E-state index contributed by atoms with van der Waals surface area (Å²) in [5, 5.41) is 2.96. The molecule has 0 saturated carbocycles. The van der Waals surface area contributed by atoms with Crippen molar-refractivity contribution in [3.05, 3.63) is 12.2 Å². The van der Waals surface area contributed by atoms with Gasteiger partial charge in [0.05, 0.1) is 0 Å². The van der Waals surface area contributed by atoms with Crippen LogP contribution in [-0.4, -0.2) is 25.7 Å². The van der Waals surface area contributed by atoms with Crippen LogP contribution < -0.4 is 5.32 Å². The number of rotatable bonds is 4. The summed E-state index contributed by atoms with van der Waals surface area (Å²) in [4.78, 5) is 10.7. The van der Waals surface area contributed by atoms with Crippen LogP contribution in [0.5, 0.6) is 0 Å². The van der Waals surface area contributed by atoms with Crippen LogP contribution in [0.15, 0.2) is 12.2 Å². The molecular weight excluding hydrogens is 142 g/mol. The lowest BCUT2D eigenvalue weighted by Crippen LogP contribution is -2.27. The second-order valence-electron chi connectivity index (χ2n) is 2.32. The van der Waals surface area contributed by atoms with Gasteiger partial charge < -0.3 is 10.1 Å². The van der Waals surface area contributed by atoms with Crippen molar-refractivity contribution in [1.82, 2.24) is 5.32 Å². The maximum atomic E-state index is 10.7. The summed E-state index contributed by atoms with van der Waals surface area (Å²) in [6.45, 7) is 4.14. The Morgan fingerprint density at radius 2 is 2.36 bits per heavy atom. The normalized spacial score (nSPS) is 13.4. The fraction of sp³-hybridized carbons (Fsp3) is 0.625.